The number of aryl methyl sites for hydroxylation is 2. The van der Waals surface area contributed by atoms with Gasteiger partial charge in [0.25, 0.3) is 5.91 Å². The average molecular weight is 461 g/mol. The predicted octanol–water partition coefficient (Wildman–Crippen LogP) is 3.17. The van der Waals surface area contributed by atoms with E-state index in [-0.39, 0.29) is 37.9 Å². The number of rotatable bonds is 10. The molecular weight excluding hydrogens is 436 g/mol. The number of carbonyl (C=O) groups excluding carboxylic acids is 3. The van der Waals surface area contributed by atoms with Gasteiger partial charge in [-0.15, -0.1) is 0 Å². The molecule has 2 amide bonds. The molecule has 6 nitrogen and oxygen atoms in total. The average Bonchev–Trinajstić information content (AvgIpc) is 2.71. The fourth-order valence-electron chi connectivity index (χ4n) is 2.51. The molecule has 0 aliphatic heterocycles. The molecule has 0 unspecified atom stereocenters. The molecule has 0 saturated heterocycles. The maximum atomic E-state index is 11.9. The van der Waals surface area contributed by atoms with E-state index in [4.69, 9.17) is 4.74 Å². The minimum atomic E-state index is -0.421. The monoisotopic (exact) mass is 460 g/mol. The van der Waals surface area contributed by atoms with Crippen LogP contribution < -0.4 is 10.6 Å². The van der Waals surface area contributed by atoms with Crippen molar-refractivity contribution in [2.75, 3.05) is 19.7 Å². The number of ether oxygens (including phenoxy) is 1. The molecule has 0 aliphatic carbocycles. The van der Waals surface area contributed by atoms with E-state index in [0.717, 1.165) is 10.0 Å². The van der Waals surface area contributed by atoms with Crippen LogP contribution in [0.25, 0.3) is 0 Å². The van der Waals surface area contributed by atoms with E-state index < -0.39 is 5.97 Å². The molecule has 2 N–H and O–H groups in total. The van der Waals surface area contributed by atoms with E-state index in [2.05, 4.69) is 26.6 Å². The van der Waals surface area contributed by atoms with E-state index in [9.17, 15) is 14.4 Å². The van der Waals surface area contributed by atoms with Gasteiger partial charge in [0.1, 0.15) is 6.61 Å². The highest BCUT2D eigenvalue weighted by Gasteiger charge is 2.08. The van der Waals surface area contributed by atoms with Crippen molar-refractivity contribution < 1.29 is 19.1 Å². The summed E-state index contributed by atoms with van der Waals surface area (Å²) >= 11 is 3.31. The maximum absolute atomic E-state index is 11.9. The lowest BCUT2D eigenvalue weighted by Crippen LogP contribution is -2.29. The first kappa shape index (κ1) is 22.6. The van der Waals surface area contributed by atoms with Crippen LogP contribution in [-0.2, 0) is 20.7 Å². The van der Waals surface area contributed by atoms with Gasteiger partial charge in [-0.25, -0.2) is 0 Å². The first-order valence-corrected chi connectivity index (χ1v) is 10.2. The smallest absolute Gasteiger partial charge is 0.307 e. The zero-order valence-electron chi connectivity index (χ0n) is 16.4. The van der Waals surface area contributed by atoms with Crippen LogP contribution in [0, 0.1) is 6.92 Å². The summed E-state index contributed by atoms with van der Waals surface area (Å²) in [5.41, 5.74) is 2.82. The molecule has 29 heavy (non-hydrogen) atoms. The van der Waals surface area contributed by atoms with Gasteiger partial charge in [0.15, 0.2) is 0 Å². The van der Waals surface area contributed by atoms with Gasteiger partial charge < -0.3 is 15.4 Å². The largest absolute Gasteiger partial charge is 0.464 e. The third-order valence-corrected chi connectivity index (χ3v) is 4.70. The van der Waals surface area contributed by atoms with E-state index in [1.54, 1.807) is 24.3 Å². The zero-order chi connectivity index (χ0) is 21.1. The third kappa shape index (κ3) is 8.91. The van der Waals surface area contributed by atoms with Crippen LogP contribution in [-0.4, -0.2) is 37.5 Å². The van der Waals surface area contributed by atoms with E-state index in [0.29, 0.717) is 18.4 Å². The number of halogens is 1. The number of nitrogens with one attached hydrogen (secondary N) is 2. The Kier molecular flexibility index (Phi) is 9.37. The zero-order valence-corrected chi connectivity index (χ0v) is 18.0. The fraction of sp³-hybridized carbons (Fsp3) is 0.318. The number of benzene rings is 2. The van der Waals surface area contributed by atoms with Crippen LogP contribution >= 0.6 is 15.9 Å². The second-order valence-electron chi connectivity index (χ2n) is 6.57. The summed E-state index contributed by atoms with van der Waals surface area (Å²) in [6.07, 6.45) is 1.13. The number of hydrogen-bond acceptors (Lipinski definition) is 4. The van der Waals surface area contributed by atoms with E-state index in [1.807, 2.05) is 31.2 Å². The Hall–Kier alpha value is -2.67. The van der Waals surface area contributed by atoms with Gasteiger partial charge >= 0.3 is 5.97 Å². The van der Waals surface area contributed by atoms with Gasteiger partial charge in [-0.2, -0.15) is 0 Å². The van der Waals surface area contributed by atoms with Gasteiger partial charge in [0.05, 0.1) is 13.0 Å². The van der Waals surface area contributed by atoms with E-state index in [1.165, 1.54) is 5.56 Å². The number of carbonyl (C=O) groups is 3. The standard InChI is InChI=1S/C22H25BrN2O4/c1-16-2-4-17(5-3-16)6-11-20(26)24-14-15-29-21(27)12-13-25-22(28)18-7-9-19(23)10-8-18/h2-5,7-10H,6,11-15H2,1H3,(H,24,26)(H,25,28). The van der Waals surface area contributed by atoms with Gasteiger partial charge in [-0.3, -0.25) is 14.4 Å². The lowest BCUT2D eigenvalue weighted by molar-refractivity contribution is -0.143. The molecule has 2 aromatic rings. The molecule has 0 atom stereocenters. The van der Waals surface area contributed by atoms with Crippen LogP contribution in [0.1, 0.15) is 34.3 Å². The summed E-state index contributed by atoms with van der Waals surface area (Å²) < 4.78 is 5.95. The molecule has 154 valence electrons. The molecule has 0 saturated carbocycles. The van der Waals surface area contributed by atoms with Crippen molar-refractivity contribution in [2.24, 2.45) is 0 Å². The Labute approximate surface area is 179 Å². The van der Waals surface area contributed by atoms with Crippen LogP contribution in [0.5, 0.6) is 0 Å². The van der Waals surface area contributed by atoms with Gasteiger partial charge in [0, 0.05) is 23.0 Å². The lowest BCUT2D eigenvalue weighted by Gasteiger charge is -2.08. The highest BCUT2D eigenvalue weighted by molar-refractivity contribution is 9.10. The SMILES string of the molecule is Cc1ccc(CCC(=O)NCCOC(=O)CCNC(=O)c2ccc(Br)cc2)cc1. The third-order valence-electron chi connectivity index (χ3n) is 4.17. The number of hydrogen-bond donors (Lipinski definition) is 2. The topological polar surface area (TPSA) is 84.5 Å². The molecule has 0 heterocycles. The van der Waals surface area contributed by atoms with Crippen LogP contribution in [0.4, 0.5) is 0 Å². The van der Waals surface area contributed by atoms with Gasteiger partial charge in [-0.1, -0.05) is 45.8 Å². The van der Waals surface area contributed by atoms with Crippen molar-refractivity contribution >= 4 is 33.7 Å². The Bertz CT molecular complexity index is 820. The second-order valence-corrected chi connectivity index (χ2v) is 7.48. The summed E-state index contributed by atoms with van der Waals surface area (Å²) in [5, 5.41) is 5.40. The number of amides is 2. The molecule has 0 spiro atoms. The van der Waals surface area contributed by atoms with Crippen LogP contribution in [0.15, 0.2) is 53.0 Å². The van der Waals surface area contributed by atoms with Crippen molar-refractivity contribution in [3.63, 3.8) is 0 Å². The van der Waals surface area contributed by atoms with Crippen molar-refractivity contribution in [2.45, 2.75) is 26.2 Å². The Morgan fingerprint density at radius 1 is 0.897 bits per heavy atom. The Balaban J connectivity index is 1.52. The molecule has 2 rings (SSSR count). The lowest BCUT2D eigenvalue weighted by atomic mass is 10.1. The maximum Gasteiger partial charge on any atom is 0.307 e. The summed E-state index contributed by atoms with van der Waals surface area (Å²) in [5.74, 6) is -0.746. The summed E-state index contributed by atoms with van der Waals surface area (Å²) in [6, 6.07) is 15.0. The van der Waals surface area contributed by atoms with Crippen molar-refractivity contribution in [1.82, 2.24) is 10.6 Å². The molecule has 7 heteroatoms. The molecule has 0 aromatic heterocycles. The van der Waals surface area contributed by atoms with Crippen molar-refractivity contribution in [3.8, 4) is 0 Å². The molecule has 0 aliphatic rings. The molecule has 0 fully saturated rings. The quantitative estimate of drug-likeness (QED) is 0.421. The van der Waals surface area contributed by atoms with Crippen molar-refractivity contribution in [1.29, 1.82) is 0 Å². The summed E-state index contributed by atoms with van der Waals surface area (Å²) in [7, 11) is 0. The van der Waals surface area contributed by atoms with E-state index >= 15 is 0 Å². The highest BCUT2D eigenvalue weighted by atomic mass is 79.9. The normalized spacial score (nSPS) is 10.3. The summed E-state index contributed by atoms with van der Waals surface area (Å²) in [4.78, 5) is 35.5. The molecule has 0 bridgehead atoms. The molecule has 0 radical (unpaired) electrons. The number of esters is 1. The minimum Gasteiger partial charge on any atom is -0.464 e. The molecule has 2 aromatic carbocycles. The minimum absolute atomic E-state index is 0.0731. The fourth-order valence-corrected chi connectivity index (χ4v) is 2.77. The Morgan fingerprint density at radius 2 is 1.59 bits per heavy atom. The summed E-state index contributed by atoms with van der Waals surface area (Å²) in [6.45, 7) is 2.59. The van der Waals surface area contributed by atoms with Crippen molar-refractivity contribution in [3.05, 3.63) is 69.7 Å². The highest BCUT2D eigenvalue weighted by Crippen LogP contribution is 2.10. The second kappa shape index (κ2) is 12.0. The Morgan fingerprint density at radius 3 is 2.28 bits per heavy atom. The first-order chi connectivity index (χ1) is 13.9. The van der Waals surface area contributed by atoms with Crippen LogP contribution in [0.3, 0.4) is 0 Å². The van der Waals surface area contributed by atoms with Gasteiger partial charge in [-0.05, 0) is 43.2 Å². The molecular formula is C22H25BrN2O4. The van der Waals surface area contributed by atoms with Gasteiger partial charge in [0.2, 0.25) is 5.91 Å². The first-order valence-electron chi connectivity index (χ1n) is 9.45. The van der Waals surface area contributed by atoms with Crippen LogP contribution in [0.2, 0.25) is 0 Å². The predicted molar refractivity (Wildman–Crippen MR) is 115 cm³/mol.